The van der Waals surface area contributed by atoms with Crippen LogP contribution < -0.4 is 5.32 Å². The molecule has 0 radical (unpaired) electrons. The molecule has 0 saturated heterocycles. The van der Waals surface area contributed by atoms with E-state index < -0.39 is 0 Å². The van der Waals surface area contributed by atoms with Gasteiger partial charge in [0.15, 0.2) is 0 Å². The van der Waals surface area contributed by atoms with E-state index in [9.17, 15) is 4.79 Å². The van der Waals surface area contributed by atoms with Gasteiger partial charge in [0.25, 0.3) is 5.91 Å². The molecule has 2 heterocycles. The van der Waals surface area contributed by atoms with Crippen LogP contribution in [-0.2, 0) is 6.54 Å². The first-order valence-electron chi connectivity index (χ1n) is 7.21. The van der Waals surface area contributed by atoms with Crippen LogP contribution in [-0.4, -0.2) is 22.0 Å². The summed E-state index contributed by atoms with van der Waals surface area (Å²) in [5.41, 5.74) is 2.07. The zero-order valence-corrected chi connectivity index (χ0v) is 12.9. The standard InChI is InChI=1S/C17H17N3OS/c21-17(19-8-4-10-20-11-9-18-13-20)16-15(7-12-22-16)14-5-2-1-3-6-14/h1-3,5-7,9,11-13H,4,8,10H2,(H,19,21). The van der Waals surface area contributed by atoms with Gasteiger partial charge in [0, 0.05) is 31.0 Å². The molecule has 112 valence electrons. The number of benzene rings is 1. The Morgan fingerprint density at radius 3 is 2.86 bits per heavy atom. The van der Waals surface area contributed by atoms with Crippen LogP contribution >= 0.6 is 11.3 Å². The molecule has 4 nitrogen and oxygen atoms in total. The van der Waals surface area contributed by atoms with Gasteiger partial charge in [-0.25, -0.2) is 4.98 Å². The number of carbonyl (C=O) groups is 1. The molecule has 0 unspecified atom stereocenters. The SMILES string of the molecule is O=C(NCCCn1ccnc1)c1sccc1-c1ccccc1. The summed E-state index contributed by atoms with van der Waals surface area (Å²) in [6, 6.07) is 12.0. The first-order valence-corrected chi connectivity index (χ1v) is 8.09. The van der Waals surface area contributed by atoms with Crippen LogP contribution in [0, 0.1) is 0 Å². The molecular formula is C17H17N3OS. The fraction of sp³-hybridized carbons (Fsp3) is 0.176. The van der Waals surface area contributed by atoms with Crippen molar-refractivity contribution in [2.24, 2.45) is 0 Å². The molecule has 1 amide bonds. The Kier molecular flexibility index (Phi) is 4.65. The maximum absolute atomic E-state index is 12.3. The molecule has 3 aromatic rings. The number of thiophene rings is 1. The molecule has 2 aromatic heterocycles. The molecule has 0 saturated carbocycles. The summed E-state index contributed by atoms with van der Waals surface area (Å²) in [5, 5.41) is 4.96. The van der Waals surface area contributed by atoms with Gasteiger partial charge < -0.3 is 9.88 Å². The van der Waals surface area contributed by atoms with Crippen molar-refractivity contribution in [3.63, 3.8) is 0 Å². The summed E-state index contributed by atoms with van der Waals surface area (Å²) in [6.07, 6.45) is 6.35. The predicted octanol–water partition coefficient (Wildman–Crippen LogP) is 3.43. The number of nitrogens with zero attached hydrogens (tertiary/aromatic N) is 2. The minimum Gasteiger partial charge on any atom is -0.351 e. The first-order chi connectivity index (χ1) is 10.8. The Balaban J connectivity index is 1.58. The van der Waals surface area contributed by atoms with Crippen molar-refractivity contribution in [2.75, 3.05) is 6.54 Å². The van der Waals surface area contributed by atoms with Crippen LogP contribution in [0.3, 0.4) is 0 Å². The van der Waals surface area contributed by atoms with Crippen molar-refractivity contribution in [1.29, 1.82) is 0 Å². The van der Waals surface area contributed by atoms with E-state index in [1.807, 2.05) is 52.5 Å². The van der Waals surface area contributed by atoms with Crippen LogP contribution in [0.25, 0.3) is 11.1 Å². The van der Waals surface area contributed by atoms with Gasteiger partial charge in [-0.15, -0.1) is 11.3 Å². The van der Waals surface area contributed by atoms with Gasteiger partial charge in [-0.2, -0.15) is 0 Å². The van der Waals surface area contributed by atoms with Crippen LogP contribution in [0.5, 0.6) is 0 Å². The van der Waals surface area contributed by atoms with E-state index in [1.54, 1.807) is 12.5 Å². The molecule has 0 atom stereocenters. The highest BCUT2D eigenvalue weighted by atomic mass is 32.1. The van der Waals surface area contributed by atoms with E-state index in [1.165, 1.54) is 11.3 Å². The normalized spacial score (nSPS) is 10.5. The van der Waals surface area contributed by atoms with E-state index >= 15 is 0 Å². The van der Waals surface area contributed by atoms with Crippen molar-refractivity contribution in [3.05, 3.63) is 65.4 Å². The molecule has 0 bridgehead atoms. The Bertz CT molecular complexity index is 719. The fourth-order valence-electron chi connectivity index (χ4n) is 2.29. The lowest BCUT2D eigenvalue weighted by atomic mass is 10.1. The molecule has 0 aliphatic rings. The van der Waals surface area contributed by atoms with Crippen LogP contribution in [0.2, 0.25) is 0 Å². The number of amides is 1. The Morgan fingerprint density at radius 1 is 1.23 bits per heavy atom. The third kappa shape index (κ3) is 3.43. The summed E-state index contributed by atoms with van der Waals surface area (Å²) >= 11 is 1.48. The molecule has 1 aromatic carbocycles. The maximum Gasteiger partial charge on any atom is 0.261 e. The minimum atomic E-state index is -0.000478. The third-order valence-corrected chi connectivity index (χ3v) is 4.31. The van der Waals surface area contributed by atoms with Crippen molar-refractivity contribution >= 4 is 17.2 Å². The highest BCUT2D eigenvalue weighted by molar-refractivity contribution is 7.12. The van der Waals surface area contributed by atoms with E-state index in [0.717, 1.165) is 29.0 Å². The number of imidazole rings is 1. The minimum absolute atomic E-state index is 0.000478. The molecule has 1 N–H and O–H groups in total. The van der Waals surface area contributed by atoms with Gasteiger partial charge in [-0.3, -0.25) is 4.79 Å². The molecule has 0 aliphatic carbocycles. The van der Waals surface area contributed by atoms with Crippen LogP contribution in [0.4, 0.5) is 0 Å². The topological polar surface area (TPSA) is 46.9 Å². The summed E-state index contributed by atoms with van der Waals surface area (Å²) in [4.78, 5) is 17.1. The van der Waals surface area contributed by atoms with Crippen LogP contribution in [0.15, 0.2) is 60.5 Å². The second kappa shape index (κ2) is 7.04. The lowest BCUT2D eigenvalue weighted by Crippen LogP contribution is -2.24. The largest absolute Gasteiger partial charge is 0.351 e. The zero-order chi connectivity index (χ0) is 15.2. The molecule has 5 heteroatoms. The number of aryl methyl sites for hydroxylation is 1. The molecular weight excluding hydrogens is 294 g/mol. The molecule has 22 heavy (non-hydrogen) atoms. The van der Waals surface area contributed by atoms with Crippen molar-refractivity contribution in [3.8, 4) is 11.1 Å². The van der Waals surface area contributed by atoms with Crippen molar-refractivity contribution in [1.82, 2.24) is 14.9 Å². The molecule has 0 aliphatic heterocycles. The third-order valence-electron chi connectivity index (χ3n) is 3.39. The van der Waals surface area contributed by atoms with Gasteiger partial charge in [0.2, 0.25) is 0 Å². The Hall–Kier alpha value is -2.40. The summed E-state index contributed by atoms with van der Waals surface area (Å²) in [7, 11) is 0. The van der Waals surface area contributed by atoms with E-state index in [4.69, 9.17) is 0 Å². The monoisotopic (exact) mass is 311 g/mol. The predicted molar refractivity (Wildman–Crippen MR) is 88.9 cm³/mol. The van der Waals surface area contributed by atoms with Gasteiger partial charge in [-0.1, -0.05) is 30.3 Å². The fourth-order valence-corrected chi connectivity index (χ4v) is 3.13. The second-order valence-corrected chi connectivity index (χ2v) is 5.86. The van der Waals surface area contributed by atoms with E-state index in [-0.39, 0.29) is 5.91 Å². The van der Waals surface area contributed by atoms with Gasteiger partial charge in [0.1, 0.15) is 0 Å². The average molecular weight is 311 g/mol. The second-order valence-electron chi connectivity index (χ2n) is 4.94. The lowest BCUT2D eigenvalue weighted by Gasteiger charge is -2.07. The van der Waals surface area contributed by atoms with Gasteiger partial charge in [-0.05, 0) is 23.4 Å². The number of rotatable bonds is 6. The molecule has 3 rings (SSSR count). The van der Waals surface area contributed by atoms with Gasteiger partial charge >= 0.3 is 0 Å². The number of aromatic nitrogens is 2. The highest BCUT2D eigenvalue weighted by Gasteiger charge is 2.13. The molecule has 0 spiro atoms. The van der Waals surface area contributed by atoms with Crippen LogP contribution in [0.1, 0.15) is 16.1 Å². The maximum atomic E-state index is 12.3. The lowest BCUT2D eigenvalue weighted by molar-refractivity contribution is 0.0957. The quantitative estimate of drug-likeness (QED) is 0.709. The zero-order valence-electron chi connectivity index (χ0n) is 12.1. The average Bonchev–Trinajstić information content (AvgIpc) is 3.23. The number of carbonyl (C=O) groups excluding carboxylic acids is 1. The number of nitrogens with one attached hydrogen (secondary N) is 1. The highest BCUT2D eigenvalue weighted by Crippen LogP contribution is 2.27. The van der Waals surface area contributed by atoms with E-state index in [2.05, 4.69) is 10.3 Å². The van der Waals surface area contributed by atoms with E-state index in [0.29, 0.717) is 6.54 Å². The van der Waals surface area contributed by atoms with Crippen molar-refractivity contribution in [2.45, 2.75) is 13.0 Å². The Labute approximate surface area is 133 Å². The molecule has 0 fully saturated rings. The van der Waals surface area contributed by atoms with Crippen molar-refractivity contribution < 1.29 is 4.79 Å². The summed E-state index contributed by atoms with van der Waals surface area (Å²) < 4.78 is 2.01. The summed E-state index contributed by atoms with van der Waals surface area (Å²) in [6.45, 7) is 1.51. The van der Waals surface area contributed by atoms with Gasteiger partial charge in [0.05, 0.1) is 11.2 Å². The smallest absolute Gasteiger partial charge is 0.261 e. The number of hydrogen-bond donors (Lipinski definition) is 1. The summed E-state index contributed by atoms with van der Waals surface area (Å²) in [5.74, 6) is -0.000478. The number of hydrogen-bond acceptors (Lipinski definition) is 3. The first kappa shape index (κ1) is 14.5. The Morgan fingerprint density at radius 2 is 2.09 bits per heavy atom.